The molecule has 0 aliphatic carbocycles. The topological polar surface area (TPSA) is 95.9 Å². The molecule has 0 saturated heterocycles. The van der Waals surface area contributed by atoms with E-state index in [1.54, 1.807) is 35.2 Å². The van der Waals surface area contributed by atoms with E-state index in [1.165, 1.54) is 12.6 Å². The van der Waals surface area contributed by atoms with Gasteiger partial charge in [-0.25, -0.2) is 14.2 Å². The number of benzene rings is 2. The number of hydrogen-bond acceptors (Lipinski definition) is 5. The first kappa shape index (κ1) is 20.4. The van der Waals surface area contributed by atoms with Crippen LogP contribution in [-0.4, -0.2) is 12.4 Å². The van der Waals surface area contributed by atoms with Crippen LogP contribution in [0.4, 0.5) is 45.3 Å². The van der Waals surface area contributed by atoms with Crippen molar-refractivity contribution >= 4 is 35.3 Å². The summed E-state index contributed by atoms with van der Waals surface area (Å²) >= 11 is 0. The van der Waals surface area contributed by atoms with Crippen molar-refractivity contribution in [3.63, 3.8) is 0 Å². The van der Waals surface area contributed by atoms with E-state index in [0.29, 0.717) is 29.4 Å². The van der Waals surface area contributed by atoms with Gasteiger partial charge in [0, 0.05) is 17.1 Å². The summed E-state index contributed by atoms with van der Waals surface area (Å²) in [5.41, 5.74) is 6.45. The zero-order valence-corrected chi connectivity index (χ0v) is 15.7. The van der Waals surface area contributed by atoms with Crippen molar-refractivity contribution in [2.24, 2.45) is 10.7 Å². The fraction of sp³-hybridized carbons (Fsp3) is 0.100. The van der Waals surface area contributed by atoms with Gasteiger partial charge in [0.1, 0.15) is 18.3 Å². The second kappa shape index (κ2) is 7.76. The van der Waals surface area contributed by atoms with Crippen LogP contribution in [0.5, 0.6) is 0 Å². The lowest BCUT2D eigenvalue weighted by molar-refractivity contribution is -0.137. The zero-order valence-electron chi connectivity index (χ0n) is 15.7. The maximum Gasteiger partial charge on any atom is 0.416 e. The lowest BCUT2D eigenvalue weighted by Crippen LogP contribution is -2.35. The average Bonchev–Trinajstić information content (AvgIpc) is 3.18. The number of furan rings is 1. The van der Waals surface area contributed by atoms with Crippen molar-refractivity contribution in [3.8, 4) is 0 Å². The highest BCUT2D eigenvalue weighted by atomic mass is 19.4. The molecule has 4 rings (SSSR count). The van der Waals surface area contributed by atoms with Crippen LogP contribution in [0.1, 0.15) is 17.3 Å². The quantitative estimate of drug-likeness (QED) is 0.494. The van der Waals surface area contributed by atoms with Crippen LogP contribution in [0, 0.1) is 5.82 Å². The molecule has 2 heterocycles. The van der Waals surface area contributed by atoms with Gasteiger partial charge in [-0.1, -0.05) is 0 Å². The van der Waals surface area contributed by atoms with E-state index in [4.69, 9.17) is 10.2 Å². The van der Waals surface area contributed by atoms with Crippen LogP contribution in [0.2, 0.25) is 0 Å². The maximum absolute atomic E-state index is 13.5. The molecular formula is C20H15F4N5O2. The Balaban J connectivity index is 1.43. The number of nitrogens with two attached hydrogens (primary N) is 1. The SMILES string of the molecule is NC1c2ccoc2N=CN1c1ccc(NC(=O)Nc2cc(F)cc(C(F)(F)F)c2)cc1. The number of hydrogen-bond donors (Lipinski definition) is 3. The van der Waals surface area contributed by atoms with Crippen LogP contribution in [0.3, 0.4) is 0 Å². The molecule has 1 aliphatic heterocycles. The number of carbonyl (C=O) groups is 1. The van der Waals surface area contributed by atoms with Gasteiger partial charge < -0.3 is 25.7 Å². The number of anilines is 3. The highest BCUT2D eigenvalue weighted by Gasteiger charge is 2.31. The molecule has 1 unspecified atom stereocenters. The molecule has 3 aromatic rings. The molecule has 1 atom stereocenters. The Morgan fingerprint density at radius 1 is 1.06 bits per heavy atom. The molecule has 2 amide bonds. The molecule has 0 saturated carbocycles. The highest BCUT2D eigenvalue weighted by Crippen LogP contribution is 2.34. The monoisotopic (exact) mass is 433 g/mol. The van der Waals surface area contributed by atoms with E-state index >= 15 is 0 Å². The van der Waals surface area contributed by atoms with E-state index < -0.39 is 29.8 Å². The molecular weight excluding hydrogens is 418 g/mol. The first-order valence-electron chi connectivity index (χ1n) is 8.92. The minimum atomic E-state index is -4.74. The number of amides is 2. The second-order valence-corrected chi connectivity index (χ2v) is 6.63. The number of urea groups is 1. The molecule has 0 spiro atoms. The summed E-state index contributed by atoms with van der Waals surface area (Å²) in [4.78, 5) is 18.0. The number of nitrogens with one attached hydrogen (secondary N) is 2. The molecule has 0 fully saturated rings. The summed E-state index contributed by atoms with van der Waals surface area (Å²) in [6.07, 6.45) is -2.23. The number of halogens is 4. The minimum absolute atomic E-state index is 0.326. The Kier molecular flexibility index (Phi) is 5.11. The van der Waals surface area contributed by atoms with Gasteiger partial charge in [0.25, 0.3) is 0 Å². The Morgan fingerprint density at radius 3 is 2.48 bits per heavy atom. The van der Waals surface area contributed by atoms with Gasteiger partial charge in [-0.3, -0.25) is 0 Å². The van der Waals surface area contributed by atoms with Crippen molar-refractivity contribution in [3.05, 3.63) is 71.7 Å². The number of rotatable bonds is 3. The number of carbonyl (C=O) groups excluding carboxylic acids is 1. The summed E-state index contributed by atoms with van der Waals surface area (Å²) < 4.78 is 57.0. The van der Waals surface area contributed by atoms with Crippen LogP contribution >= 0.6 is 0 Å². The van der Waals surface area contributed by atoms with Gasteiger partial charge in [0.2, 0.25) is 5.88 Å². The van der Waals surface area contributed by atoms with Crippen molar-refractivity contribution < 1.29 is 26.8 Å². The number of aliphatic imine (C=N–C) groups is 1. The molecule has 2 aromatic carbocycles. The zero-order chi connectivity index (χ0) is 22.2. The molecule has 1 aliphatic rings. The summed E-state index contributed by atoms with van der Waals surface area (Å²) in [6.45, 7) is 0. The van der Waals surface area contributed by atoms with E-state index in [2.05, 4.69) is 15.6 Å². The van der Waals surface area contributed by atoms with Crippen molar-refractivity contribution in [2.75, 3.05) is 15.5 Å². The van der Waals surface area contributed by atoms with E-state index in [-0.39, 0.29) is 5.69 Å². The van der Waals surface area contributed by atoms with Gasteiger partial charge in [0.15, 0.2) is 0 Å². The van der Waals surface area contributed by atoms with Crippen LogP contribution < -0.4 is 21.3 Å². The van der Waals surface area contributed by atoms with Crippen LogP contribution in [-0.2, 0) is 6.18 Å². The Hall–Kier alpha value is -3.86. The molecule has 160 valence electrons. The number of nitrogens with zero attached hydrogens (tertiary/aromatic N) is 2. The summed E-state index contributed by atoms with van der Waals surface area (Å²) in [5.74, 6) is -0.681. The molecule has 0 radical (unpaired) electrons. The first-order valence-corrected chi connectivity index (χ1v) is 8.92. The molecule has 31 heavy (non-hydrogen) atoms. The van der Waals surface area contributed by atoms with Gasteiger partial charge in [-0.05, 0) is 48.5 Å². The highest BCUT2D eigenvalue weighted by molar-refractivity contribution is 6.00. The minimum Gasteiger partial charge on any atom is -0.446 e. The summed E-state index contributed by atoms with van der Waals surface area (Å²) in [6, 6.07) is 9.19. The smallest absolute Gasteiger partial charge is 0.416 e. The largest absolute Gasteiger partial charge is 0.446 e. The Labute approximate surface area is 173 Å². The molecule has 4 N–H and O–H groups in total. The van der Waals surface area contributed by atoms with Crippen LogP contribution in [0.25, 0.3) is 0 Å². The Morgan fingerprint density at radius 2 is 1.77 bits per heavy atom. The molecule has 1 aromatic heterocycles. The normalized spacial score (nSPS) is 15.5. The van der Waals surface area contributed by atoms with Gasteiger partial charge in [0.05, 0.1) is 17.4 Å². The third kappa shape index (κ3) is 4.36. The lowest BCUT2D eigenvalue weighted by atomic mass is 10.2. The fourth-order valence-electron chi connectivity index (χ4n) is 3.04. The maximum atomic E-state index is 13.5. The van der Waals surface area contributed by atoms with Crippen LogP contribution in [0.15, 0.2) is 64.2 Å². The predicted molar refractivity (Wildman–Crippen MR) is 107 cm³/mol. The number of alkyl halides is 3. The first-order chi connectivity index (χ1) is 14.7. The third-order valence-electron chi connectivity index (χ3n) is 4.50. The van der Waals surface area contributed by atoms with Gasteiger partial charge in [-0.2, -0.15) is 13.2 Å². The molecule has 0 bridgehead atoms. The Bertz CT molecular complexity index is 1140. The second-order valence-electron chi connectivity index (χ2n) is 6.63. The van der Waals surface area contributed by atoms with E-state index in [9.17, 15) is 22.4 Å². The lowest BCUT2D eigenvalue weighted by Gasteiger charge is -2.29. The van der Waals surface area contributed by atoms with Crippen molar-refractivity contribution in [2.45, 2.75) is 12.3 Å². The van der Waals surface area contributed by atoms with E-state index in [0.717, 1.165) is 11.6 Å². The fourth-order valence-corrected chi connectivity index (χ4v) is 3.04. The predicted octanol–water partition coefficient (Wildman–Crippen LogP) is 5.22. The van der Waals surface area contributed by atoms with Gasteiger partial charge in [-0.15, -0.1) is 0 Å². The summed E-state index contributed by atoms with van der Waals surface area (Å²) in [7, 11) is 0. The molecule has 7 nitrogen and oxygen atoms in total. The van der Waals surface area contributed by atoms with Crippen molar-refractivity contribution in [1.82, 2.24) is 0 Å². The van der Waals surface area contributed by atoms with E-state index in [1.807, 2.05) is 0 Å². The van der Waals surface area contributed by atoms with Gasteiger partial charge >= 0.3 is 12.2 Å². The number of fused-ring (bicyclic) bond motifs is 1. The summed E-state index contributed by atoms with van der Waals surface area (Å²) in [5, 5.41) is 4.65. The third-order valence-corrected chi connectivity index (χ3v) is 4.50. The van der Waals surface area contributed by atoms with Crippen molar-refractivity contribution in [1.29, 1.82) is 0 Å². The average molecular weight is 433 g/mol. The standard InChI is InChI=1S/C20H15F4N5O2/c21-12-7-11(20(22,23)24)8-14(9-12)28-19(30)27-13-1-3-15(4-2-13)29-10-26-18-16(17(29)25)5-6-31-18/h1-10,17H,25H2,(H2,27,28,30). The molecule has 11 heteroatoms.